The van der Waals surface area contributed by atoms with E-state index in [9.17, 15) is 14.7 Å². The standard InChI is InChI=1S/C16H30N2O3/c1-10(2)8-14(16(20)21)9-17-15(19)13(5)18-11(3)6-7-12(18)4/h10-14H,6-9H2,1-5H3,(H,17,19)(H,20,21). The molecule has 1 aliphatic rings. The second-order valence-electron chi connectivity index (χ2n) is 6.81. The van der Waals surface area contributed by atoms with Crippen molar-refractivity contribution in [3.8, 4) is 0 Å². The number of carboxylic acid groups (broad SMARTS) is 1. The van der Waals surface area contributed by atoms with Crippen molar-refractivity contribution in [1.82, 2.24) is 10.2 Å². The molecule has 1 heterocycles. The first-order valence-corrected chi connectivity index (χ1v) is 8.02. The number of amides is 1. The number of nitrogens with one attached hydrogen (secondary N) is 1. The lowest BCUT2D eigenvalue weighted by Gasteiger charge is -2.31. The summed E-state index contributed by atoms with van der Waals surface area (Å²) in [5, 5.41) is 12.0. The highest BCUT2D eigenvalue weighted by Crippen LogP contribution is 2.25. The summed E-state index contributed by atoms with van der Waals surface area (Å²) in [6.07, 6.45) is 2.81. The average Bonchev–Trinajstić information content (AvgIpc) is 2.72. The molecule has 0 bridgehead atoms. The van der Waals surface area contributed by atoms with Gasteiger partial charge in [0, 0.05) is 18.6 Å². The van der Waals surface area contributed by atoms with Crippen molar-refractivity contribution < 1.29 is 14.7 Å². The molecule has 1 rings (SSSR count). The molecule has 4 atom stereocenters. The Morgan fingerprint density at radius 3 is 2.14 bits per heavy atom. The molecule has 5 nitrogen and oxygen atoms in total. The Labute approximate surface area is 128 Å². The minimum absolute atomic E-state index is 0.0643. The zero-order valence-electron chi connectivity index (χ0n) is 13.9. The van der Waals surface area contributed by atoms with Crippen LogP contribution in [0.5, 0.6) is 0 Å². The summed E-state index contributed by atoms with van der Waals surface area (Å²) in [7, 11) is 0. The van der Waals surface area contributed by atoms with Gasteiger partial charge in [-0.25, -0.2) is 0 Å². The highest BCUT2D eigenvalue weighted by Gasteiger charge is 2.34. The molecule has 0 spiro atoms. The van der Waals surface area contributed by atoms with E-state index < -0.39 is 11.9 Å². The normalized spacial score (nSPS) is 25.8. The van der Waals surface area contributed by atoms with Gasteiger partial charge in [-0.1, -0.05) is 13.8 Å². The number of aliphatic carboxylic acids is 1. The number of carbonyl (C=O) groups is 2. The van der Waals surface area contributed by atoms with E-state index in [4.69, 9.17) is 0 Å². The molecule has 0 saturated carbocycles. The molecule has 21 heavy (non-hydrogen) atoms. The summed E-state index contributed by atoms with van der Waals surface area (Å²) in [6.45, 7) is 10.4. The minimum atomic E-state index is -0.834. The highest BCUT2D eigenvalue weighted by atomic mass is 16.4. The van der Waals surface area contributed by atoms with Gasteiger partial charge in [-0.3, -0.25) is 14.5 Å². The smallest absolute Gasteiger partial charge is 0.308 e. The van der Waals surface area contributed by atoms with Crippen LogP contribution in [0.3, 0.4) is 0 Å². The van der Waals surface area contributed by atoms with Crippen LogP contribution >= 0.6 is 0 Å². The molecule has 0 aromatic carbocycles. The Morgan fingerprint density at radius 1 is 1.19 bits per heavy atom. The van der Waals surface area contributed by atoms with Gasteiger partial charge >= 0.3 is 5.97 Å². The van der Waals surface area contributed by atoms with Crippen molar-refractivity contribution >= 4 is 11.9 Å². The number of hydrogen-bond acceptors (Lipinski definition) is 3. The molecular weight excluding hydrogens is 268 g/mol. The van der Waals surface area contributed by atoms with Gasteiger partial charge in [0.1, 0.15) is 0 Å². The van der Waals surface area contributed by atoms with Crippen LogP contribution < -0.4 is 5.32 Å². The van der Waals surface area contributed by atoms with Crippen LogP contribution in [0.1, 0.15) is 53.9 Å². The Hall–Kier alpha value is -1.10. The Morgan fingerprint density at radius 2 is 1.71 bits per heavy atom. The number of nitrogens with zero attached hydrogens (tertiary/aromatic N) is 1. The third-order valence-electron chi connectivity index (χ3n) is 4.47. The first-order valence-electron chi connectivity index (χ1n) is 8.02. The predicted octanol–water partition coefficient (Wildman–Crippen LogP) is 2.11. The molecule has 1 fully saturated rings. The highest BCUT2D eigenvalue weighted by molar-refractivity contribution is 5.82. The maximum absolute atomic E-state index is 12.3. The van der Waals surface area contributed by atoms with Gasteiger partial charge in [0.25, 0.3) is 0 Å². The fraction of sp³-hybridized carbons (Fsp3) is 0.875. The zero-order chi connectivity index (χ0) is 16.2. The van der Waals surface area contributed by atoms with E-state index in [0.29, 0.717) is 24.4 Å². The molecule has 4 unspecified atom stereocenters. The van der Waals surface area contributed by atoms with Gasteiger partial charge < -0.3 is 10.4 Å². The molecule has 1 amide bonds. The van der Waals surface area contributed by atoms with Crippen LogP contribution in [0.2, 0.25) is 0 Å². The zero-order valence-corrected chi connectivity index (χ0v) is 13.9. The molecule has 0 aromatic rings. The monoisotopic (exact) mass is 298 g/mol. The quantitative estimate of drug-likeness (QED) is 0.755. The first kappa shape index (κ1) is 18.0. The fourth-order valence-corrected chi connectivity index (χ4v) is 3.33. The van der Waals surface area contributed by atoms with Crippen LogP contribution in [-0.4, -0.2) is 46.6 Å². The lowest BCUT2D eigenvalue weighted by atomic mass is 9.97. The van der Waals surface area contributed by atoms with E-state index in [1.165, 1.54) is 0 Å². The van der Waals surface area contributed by atoms with Crippen molar-refractivity contribution in [3.63, 3.8) is 0 Å². The van der Waals surface area contributed by atoms with Crippen LogP contribution in [0.15, 0.2) is 0 Å². The third-order valence-corrected chi connectivity index (χ3v) is 4.47. The van der Waals surface area contributed by atoms with E-state index in [0.717, 1.165) is 12.8 Å². The van der Waals surface area contributed by atoms with Gasteiger partial charge in [-0.15, -0.1) is 0 Å². The summed E-state index contributed by atoms with van der Waals surface area (Å²) < 4.78 is 0. The van der Waals surface area contributed by atoms with E-state index in [1.807, 2.05) is 20.8 Å². The van der Waals surface area contributed by atoms with Gasteiger partial charge in [0.15, 0.2) is 0 Å². The summed E-state index contributed by atoms with van der Waals surface area (Å²) in [5.74, 6) is -1.10. The largest absolute Gasteiger partial charge is 0.481 e. The first-order chi connectivity index (χ1) is 9.73. The number of rotatable bonds is 7. The van der Waals surface area contributed by atoms with E-state index in [-0.39, 0.29) is 18.5 Å². The lowest BCUT2D eigenvalue weighted by Crippen LogP contribution is -2.50. The van der Waals surface area contributed by atoms with Crippen molar-refractivity contribution in [1.29, 1.82) is 0 Å². The Balaban J connectivity index is 2.53. The molecule has 2 N–H and O–H groups in total. The molecule has 0 aromatic heterocycles. The van der Waals surface area contributed by atoms with E-state index in [1.54, 1.807) is 0 Å². The van der Waals surface area contributed by atoms with Gasteiger partial charge in [-0.2, -0.15) is 0 Å². The van der Waals surface area contributed by atoms with Gasteiger partial charge in [0.05, 0.1) is 12.0 Å². The van der Waals surface area contributed by atoms with E-state index >= 15 is 0 Å². The maximum atomic E-state index is 12.3. The molecule has 0 aliphatic carbocycles. The Kier molecular flexibility index (Phi) is 6.65. The predicted molar refractivity (Wildman–Crippen MR) is 83.0 cm³/mol. The van der Waals surface area contributed by atoms with Crippen molar-refractivity contribution in [2.45, 2.75) is 72.0 Å². The summed E-state index contributed by atoms with van der Waals surface area (Å²) >= 11 is 0. The van der Waals surface area contributed by atoms with E-state index in [2.05, 4.69) is 24.1 Å². The molecule has 0 radical (unpaired) electrons. The number of carbonyl (C=O) groups excluding carboxylic acids is 1. The topological polar surface area (TPSA) is 69.6 Å². The second kappa shape index (κ2) is 7.78. The van der Waals surface area contributed by atoms with Gasteiger partial charge in [-0.05, 0) is 46.0 Å². The summed E-state index contributed by atoms with van der Waals surface area (Å²) in [4.78, 5) is 25.7. The SMILES string of the molecule is CC(C)CC(CNC(=O)C(C)N1C(C)CCC1C)C(=O)O. The van der Waals surface area contributed by atoms with Crippen molar-refractivity contribution in [2.75, 3.05) is 6.54 Å². The minimum Gasteiger partial charge on any atom is -0.481 e. The molecule has 1 saturated heterocycles. The maximum Gasteiger partial charge on any atom is 0.308 e. The summed E-state index contributed by atoms with van der Waals surface area (Å²) in [5.41, 5.74) is 0. The van der Waals surface area contributed by atoms with Crippen LogP contribution in [0, 0.1) is 11.8 Å². The van der Waals surface area contributed by atoms with Crippen LogP contribution in [-0.2, 0) is 9.59 Å². The molecule has 122 valence electrons. The molecule has 5 heteroatoms. The van der Waals surface area contributed by atoms with Crippen LogP contribution in [0.4, 0.5) is 0 Å². The number of likely N-dealkylation sites (tertiary alicyclic amines) is 1. The number of hydrogen-bond donors (Lipinski definition) is 2. The summed E-state index contributed by atoms with van der Waals surface area (Å²) in [6, 6.07) is 0.615. The van der Waals surface area contributed by atoms with Crippen molar-refractivity contribution in [3.05, 3.63) is 0 Å². The number of carboxylic acids is 1. The lowest BCUT2D eigenvalue weighted by molar-refractivity contribution is -0.142. The van der Waals surface area contributed by atoms with Crippen molar-refractivity contribution in [2.24, 2.45) is 11.8 Å². The van der Waals surface area contributed by atoms with Gasteiger partial charge in [0.2, 0.25) is 5.91 Å². The Bertz CT molecular complexity index is 361. The average molecular weight is 298 g/mol. The fourth-order valence-electron chi connectivity index (χ4n) is 3.33. The second-order valence-corrected chi connectivity index (χ2v) is 6.81. The third kappa shape index (κ3) is 4.99. The molecular formula is C16H30N2O3. The van der Waals surface area contributed by atoms with Crippen LogP contribution in [0.25, 0.3) is 0 Å². The molecule has 1 aliphatic heterocycles.